The molecule has 5 nitrogen and oxygen atoms in total. The Bertz CT molecular complexity index is 577. The van der Waals surface area contributed by atoms with E-state index in [0.29, 0.717) is 18.7 Å². The summed E-state index contributed by atoms with van der Waals surface area (Å²) in [5, 5.41) is 10.3. The summed E-state index contributed by atoms with van der Waals surface area (Å²) in [5.41, 5.74) is 2.72. The van der Waals surface area contributed by atoms with Crippen LogP contribution in [0.25, 0.3) is 0 Å². The van der Waals surface area contributed by atoms with Crippen molar-refractivity contribution in [1.29, 1.82) is 0 Å². The molecular weight excluding hydrogens is 252 g/mol. The van der Waals surface area contributed by atoms with E-state index in [2.05, 4.69) is 22.7 Å². The molecule has 0 spiro atoms. The number of nitrogens with zero attached hydrogens (tertiary/aromatic N) is 2. The quantitative estimate of drug-likeness (QED) is 0.848. The lowest BCUT2D eigenvalue weighted by atomic mass is 10.2. The van der Waals surface area contributed by atoms with Crippen LogP contribution < -0.4 is 10.6 Å². The van der Waals surface area contributed by atoms with Crippen LogP contribution in [0.5, 0.6) is 0 Å². The Kier molecular flexibility index (Phi) is 4.76. The largest absolute Gasteiger partial charge is 0.379 e. The van der Waals surface area contributed by atoms with Crippen LogP contribution in [0.4, 0.5) is 5.69 Å². The summed E-state index contributed by atoms with van der Waals surface area (Å²) < 4.78 is 1.95. The molecule has 1 aromatic carbocycles. The molecule has 5 heteroatoms. The van der Waals surface area contributed by atoms with E-state index in [4.69, 9.17) is 0 Å². The smallest absolute Gasteiger partial charge is 0.251 e. The lowest BCUT2D eigenvalue weighted by Gasteiger charge is -2.09. The van der Waals surface area contributed by atoms with Crippen LogP contribution in [0.15, 0.2) is 36.5 Å². The van der Waals surface area contributed by atoms with Gasteiger partial charge in [0.05, 0.1) is 12.2 Å². The highest BCUT2D eigenvalue weighted by atomic mass is 16.1. The zero-order valence-electron chi connectivity index (χ0n) is 11.9. The Morgan fingerprint density at radius 1 is 1.30 bits per heavy atom. The molecule has 0 fully saturated rings. The van der Waals surface area contributed by atoms with Gasteiger partial charge in [-0.1, -0.05) is 6.07 Å². The van der Waals surface area contributed by atoms with E-state index in [1.54, 1.807) is 6.20 Å². The number of amides is 1. The Labute approximate surface area is 119 Å². The van der Waals surface area contributed by atoms with Crippen molar-refractivity contribution < 1.29 is 4.79 Å². The molecule has 1 amide bonds. The first-order chi connectivity index (χ1) is 9.74. The van der Waals surface area contributed by atoms with Gasteiger partial charge < -0.3 is 10.6 Å². The predicted octanol–water partition coefficient (Wildman–Crippen LogP) is 2.26. The number of hydrogen-bond donors (Lipinski definition) is 2. The summed E-state index contributed by atoms with van der Waals surface area (Å²) in [5.74, 6) is -0.0465. The predicted molar refractivity (Wildman–Crippen MR) is 79.7 cm³/mol. The van der Waals surface area contributed by atoms with Crippen molar-refractivity contribution in [2.24, 2.45) is 0 Å². The maximum atomic E-state index is 11.8. The lowest BCUT2D eigenvalue weighted by molar-refractivity contribution is 0.0956. The Balaban J connectivity index is 2.03. The Morgan fingerprint density at radius 2 is 2.15 bits per heavy atom. The van der Waals surface area contributed by atoms with Crippen LogP contribution in [0.3, 0.4) is 0 Å². The molecule has 1 heterocycles. The van der Waals surface area contributed by atoms with Gasteiger partial charge in [-0.05, 0) is 38.1 Å². The van der Waals surface area contributed by atoms with Gasteiger partial charge in [-0.3, -0.25) is 9.48 Å². The van der Waals surface area contributed by atoms with Gasteiger partial charge in [0.25, 0.3) is 5.91 Å². The topological polar surface area (TPSA) is 59.0 Å². The van der Waals surface area contributed by atoms with Crippen LogP contribution in [-0.4, -0.2) is 22.2 Å². The van der Waals surface area contributed by atoms with Crippen LogP contribution >= 0.6 is 0 Å². The van der Waals surface area contributed by atoms with Crippen molar-refractivity contribution in [2.75, 3.05) is 11.9 Å². The van der Waals surface area contributed by atoms with Crippen molar-refractivity contribution in [3.63, 3.8) is 0 Å². The second-order valence-corrected chi connectivity index (χ2v) is 4.43. The van der Waals surface area contributed by atoms with E-state index in [1.807, 2.05) is 41.9 Å². The van der Waals surface area contributed by atoms with E-state index in [1.165, 1.54) is 0 Å². The molecule has 0 atom stereocenters. The van der Waals surface area contributed by atoms with Gasteiger partial charge in [0.15, 0.2) is 0 Å². The summed E-state index contributed by atoms with van der Waals surface area (Å²) >= 11 is 0. The number of rotatable bonds is 6. The van der Waals surface area contributed by atoms with Crippen LogP contribution in [0.2, 0.25) is 0 Å². The number of benzene rings is 1. The molecule has 2 rings (SSSR count). The molecule has 1 aromatic heterocycles. The van der Waals surface area contributed by atoms with Crippen LogP contribution in [0.1, 0.15) is 29.9 Å². The number of carbonyl (C=O) groups excluding carboxylic acids is 1. The first-order valence-corrected chi connectivity index (χ1v) is 6.87. The molecule has 0 bridgehead atoms. The number of hydrogen-bond acceptors (Lipinski definition) is 3. The fourth-order valence-corrected chi connectivity index (χ4v) is 2.02. The van der Waals surface area contributed by atoms with Gasteiger partial charge in [0, 0.05) is 30.5 Å². The average Bonchev–Trinajstić information content (AvgIpc) is 2.93. The maximum Gasteiger partial charge on any atom is 0.251 e. The minimum Gasteiger partial charge on any atom is -0.379 e. The molecule has 20 heavy (non-hydrogen) atoms. The zero-order chi connectivity index (χ0) is 14.4. The minimum atomic E-state index is -0.0465. The fraction of sp³-hybridized carbons (Fsp3) is 0.333. The average molecular weight is 272 g/mol. The molecule has 0 aliphatic heterocycles. The number of aryl methyl sites for hydroxylation is 1. The van der Waals surface area contributed by atoms with Crippen molar-refractivity contribution in [3.8, 4) is 0 Å². The molecule has 0 radical (unpaired) electrons. The Morgan fingerprint density at radius 3 is 2.90 bits per heavy atom. The molecule has 0 saturated carbocycles. The second kappa shape index (κ2) is 6.75. The van der Waals surface area contributed by atoms with Crippen molar-refractivity contribution in [1.82, 2.24) is 15.1 Å². The third-order valence-electron chi connectivity index (χ3n) is 3.04. The third-order valence-corrected chi connectivity index (χ3v) is 3.04. The van der Waals surface area contributed by atoms with Gasteiger partial charge in [-0.15, -0.1) is 0 Å². The number of aromatic nitrogens is 2. The standard InChI is InChI=1S/C15H20N4O/c1-3-16-15(20)12-6-5-7-13(10-12)17-11-14-8-9-18-19(14)4-2/h5-10,17H,3-4,11H2,1-2H3,(H,16,20). The summed E-state index contributed by atoms with van der Waals surface area (Å²) in [6, 6.07) is 9.49. The molecule has 106 valence electrons. The molecule has 0 aliphatic carbocycles. The number of anilines is 1. The maximum absolute atomic E-state index is 11.8. The zero-order valence-corrected chi connectivity index (χ0v) is 11.9. The molecule has 2 aromatic rings. The second-order valence-electron chi connectivity index (χ2n) is 4.43. The first kappa shape index (κ1) is 14.1. The van der Waals surface area contributed by atoms with Gasteiger partial charge >= 0.3 is 0 Å². The van der Waals surface area contributed by atoms with Crippen molar-refractivity contribution in [3.05, 3.63) is 47.8 Å². The van der Waals surface area contributed by atoms with Crippen LogP contribution in [0, 0.1) is 0 Å². The number of nitrogens with one attached hydrogen (secondary N) is 2. The Hall–Kier alpha value is -2.30. The molecule has 0 saturated heterocycles. The molecule has 0 aliphatic rings. The SMILES string of the molecule is CCNC(=O)c1cccc(NCc2ccnn2CC)c1. The highest BCUT2D eigenvalue weighted by molar-refractivity contribution is 5.95. The van der Waals surface area contributed by atoms with E-state index in [0.717, 1.165) is 17.9 Å². The summed E-state index contributed by atoms with van der Waals surface area (Å²) in [6.07, 6.45) is 1.80. The molecule has 2 N–H and O–H groups in total. The van der Waals surface area contributed by atoms with E-state index in [-0.39, 0.29) is 5.91 Å². The van der Waals surface area contributed by atoms with Gasteiger partial charge in [-0.2, -0.15) is 5.10 Å². The van der Waals surface area contributed by atoms with Crippen molar-refractivity contribution in [2.45, 2.75) is 26.9 Å². The van der Waals surface area contributed by atoms with Crippen LogP contribution in [-0.2, 0) is 13.1 Å². The van der Waals surface area contributed by atoms with Gasteiger partial charge in [0.1, 0.15) is 0 Å². The van der Waals surface area contributed by atoms with E-state index < -0.39 is 0 Å². The summed E-state index contributed by atoms with van der Waals surface area (Å²) in [6.45, 7) is 6.14. The first-order valence-electron chi connectivity index (χ1n) is 6.87. The van der Waals surface area contributed by atoms with Crippen molar-refractivity contribution >= 4 is 11.6 Å². The molecular formula is C15H20N4O. The minimum absolute atomic E-state index is 0.0465. The van der Waals surface area contributed by atoms with E-state index in [9.17, 15) is 4.79 Å². The highest BCUT2D eigenvalue weighted by Gasteiger charge is 2.05. The lowest BCUT2D eigenvalue weighted by Crippen LogP contribution is -2.22. The third kappa shape index (κ3) is 3.38. The summed E-state index contributed by atoms with van der Waals surface area (Å²) in [4.78, 5) is 11.8. The molecule has 0 unspecified atom stereocenters. The normalized spacial score (nSPS) is 10.3. The summed E-state index contributed by atoms with van der Waals surface area (Å²) in [7, 11) is 0. The van der Waals surface area contributed by atoms with Gasteiger partial charge in [0.2, 0.25) is 0 Å². The highest BCUT2D eigenvalue weighted by Crippen LogP contribution is 2.12. The van der Waals surface area contributed by atoms with E-state index >= 15 is 0 Å². The fourth-order valence-electron chi connectivity index (χ4n) is 2.02. The monoisotopic (exact) mass is 272 g/mol. The number of carbonyl (C=O) groups is 1. The van der Waals surface area contributed by atoms with Gasteiger partial charge in [-0.25, -0.2) is 0 Å².